The average Bonchev–Trinajstić information content (AvgIpc) is 2.46. The van der Waals surface area contributed by atoms with E-state index in [0.717, 1.165) is 22.3 Å². The van der Waals surface area contributed by atoms with Crippen molar-refractivity contribution in [1.82, 2.24) is 0 Å². The molecule has 0 fully saturated rings. The van der Waals surface area contributed by atoms with Crippen LogP contribution in [0.5, 0.6) is 5.75 Å². The number of nitrogens with one attached hydrogen (secondary N) is 1. The molecule has 0 unspecified atom stereocenters. The second kappa shape index (κ2) is 6.85. The van der Waals surface area contributed by atoms with E-state index in [-0.39, 0.29) is 6.10 Å². The van der Waals surface area contributed by atoms with Gasteiger partial charge in [0.2, 0.25) is 0 Å². The maximum Gasteiger partial charge on any atom is 0.262 e. The third kappa shape index (κ3) is 3.90. The van der Waals surface area contributed by atoms with Gasteiger partial charge in [-0.3, -0.25) is 4.72 Å². The summed E-state index contributed by atoms with van der Waals surface area (Å²) < 4.78 is 34.0. The molecular formula is C19H25NO3S. The Bertz CT molecular complexity index is 812. The summed E-state index contributed by atoms with van der Waals surface area (Å²) in [5.74, 6) is 0.715. The number of sulfonamides is 1. The zero-order valence-corrected chi connectivity index (χ0v) is 15.9. The number of benzene rings is 2. The zero-order chi connectivity index (χ0) is 18.1. The molecule has 1 N–H and O–H groups in total. The van der Waals surface area contributed by atoms with E-state index in [1.807, 2.05) is 47.6 Å². The molecule has 0 saturated carbocycles. The Morgan fingerprint density at radius 1 is 0.917 bits per heavy atom. The molecule has 5 heteroatoms. The molecule has 0 atom stereocenters. The lowest BCUT2D eigenvalue weighted by atomic mass is 10.0. The van der Waals surface area contributed by atoms with Gasteiger partial charge in [0.25, 0.3) is 10.0 Å². The molecule has 0 heterocycles. The van der Waals surface area contributed by atoms with E-state index in [1.165, 1.54) is 0 Å². The quantitative estimate of drug-likeness (QED) is 0.866. The molecule has 0 aliphatic heterocycles. The summed E-state index contributed by atoms with van der Waals surface area (Å²) in [5.41, 5.74) is 4.03. The summed E-state index contributed by atoms with van der Waals surface area (Å²) in [5, 5.41) is 0. The highest BCUT2D eigenvalue weighted by molar-refractivity contribution is 7.92. The number of hydrogen-bond acceptors (Lipinski definition) is 3. The lowest BCUT2D eigenvalue weighted by molar-refractivity contribution is 0.242. The first-order valence-electron chi connectivity index (χ1n) is 7.98. The van der Waals surface area contributed by atoms with Gasteiger partial charge in [0.15, 0.2) is 0 Å². The van der Waals surface area contributed by atoms with Crippen LogP contribution in [0.1, 0.15) is 36.1 Å². The number of ether oxygens (including phenoxy) is 1. The first-order valence-corrected chi connectivity index (χ1v) is 9.47. The second-order valence-electron chi connectivity index (χ2n) is 6.39. The molecule has 0 saturated heterocycles. The Morgan fingerprint density at radius 3 is 1.88 bits per heavy atom. The van der Waals surface area contributed by atoms with Crippen LogP contribution in [0.3, 0.4) is 0 Å². The van der Waals surface area contributed by atoms with Gasteiger partial charge in [-0.1, -0.05) is 6.07 Å². The summed E-state index contributed by atoms with van der Waals surface area (Å²) >= 11 is 0. The van der Waals surface area contributed by atoms with Crippen molar-refractivity contribution in [3.8, 4) is 5.75 Å². The van der Waals surface area contributed by atoms with Crippen LogP contribution in [0.2, 0.25) is 0 Å². The van der Waals surface area contributed by atoms with Crippen molar-refractivity contribution in [2.24, 2.45) is 0 Å². The molecule has 2 aromatic rings. The monoisotopic (exact) mass is 347 g/mol. The predicted octanol–water partition coefficient (Wildman–Crippen LogP) is 4.51. The standard InChI is InChI=1S/C19H25NO3S/c1-12(2)23-18-9-7-17(8-10-18)20-24(21,22)19-15(5)13(3)11-14(4)16(19)6/h7-12,20H,1-6H3. The van der Waals surface area contributed by atoms with Gasteiger partial charge in [0, 0.05) is 5.69 Å². The van der Waals surface area contributed by atoms with Crippen LogP contribution in [0.15, 0.2) is 35.2 Å². The van der Waals surface area contributed by atoms with Crippen LogP contribution in [-0.2, 0) is 10.0 Å². The molecule has 0 amide bonds. The summed E-state index contributed by atoms with van der Waals surface area (Å²) in [7, 11) is -3.65. The van der Waals surface area contributed by atoms with Crippen LogP contribution in [0, 0.1) is 27.7 Å². The van der Waals surface area contributed by atoms with Crippen molar-refractivity contribution in [2.45, 2.75) is 52.5 Å². The van der Waals surface area contributed by atoms with Gasteiger partial charge < -0.3 is 4.74 Å². The fraction of sp³-hybridized carbons (Fsp3) is 0.368. The normalized spacial score (nSPS) is 11.6. The minimum absolute atomic E-state index is 0.0770. The number of anilines is 1. The van der Waals surface area contributed by atoms with E-state index in [9.17, 15) is 8.42 Å². The highest BCUT2D eigenvalue weighted by atomic mass is 32.2. The Balaban J connectivity index is 2.36. The first-order chi connectivity index (χ1) is 11.1. The molecule has 130 valence electrons. The van der Waals surface area contributed by atoms with Crippen molar-refractivity contribution in [3.05, 3.63) is 52.6 Å². The predicted molar refractivity (Wildman–Crippen MR) is 98.4 cm³/mol. The van der Waals surface area contributed by atoms with Gasteiger partial charge in [-0.25, -0.2) is 8.42 Å². The summed E-state index contributed by atoms with van der Waals surface area (Å²) in [6, 6.07) is 8.96. The molecule has 2 aromatic carbocycles. The fourth-order valence-electron chi connectivity index (χ4n) is 2.66. The maximum atomic E-state index is 12.9. The Labute approximate surface area is 144 Å². The van der Waals surface area contributed by atoms with Crippen molar-refractivity contribution in [2.75, 3.05) is 4.72 Å². The molecular weight excluding hydrogens is 322 g/mol. The molecule has 0 spiro atoms. The van der Waals surface area contributed by atoms with E-state index < -0.39 is 10.0 Å². The Kier molecular flexibility index (Phi) is 5.23. The molecule has 0 radical (unpaired) electrons. The summed E-state index contributed by atoms with van der Waals surface area (Å²) in [4.78, 5) is 0.363. The topological polar surface area (TPSA) is 55.4 Å². The van der Waals surface area contributed by atoms with Crippen LogP contribution in [0.4, 0.5) is 5.69 Å². The van der Waals surface area contributed by atoms with Crippen LogP contribution in [0.25, 0.3) is 0 Å². The average molecular weight is 347 g/mol. The Morgan fingerprint density at radius 2 is 1.42 bits per heavy atom. The van der Waals surface area contributed by atoms with E-state index in [2.05, 4.69) is 4.72 Å². The molecule has 0 bridgehead atoms. The minimum Gasteiger partial charge on any atom is -0.491 e. The lowest BCUT2D eigenvalue weighted by Gasteiger charge is -2.17. The smallest absolute Gasteiger partial charge is 0.262 e. The van der Waals surface area contributed by atoms with Crippen LogP contribution < -0.4 is 9.46 Å². The van der Waals surface area contributed by atoms with E-state index in [4.69, 9.17) is 4.74 Å². The van der Waals surface area contributed by atoms with Crippen LogP contribution in [-0.4, -0.2) is 14.5 Å². The van der Waals surface area contributed by atoms with Crippen molar-refractivity contribution in [3.63, 3.8) is 0 Å². The Hall–Kier alpha value is -2.01. The third-order valence-electron chi connectivity index (χ3n) is 4.04. The molecule has 24 heavy (non-hydrogen) atoms. The van der Waals surface area contributed by atoms with Gasteiger partial charge in [0.05, 0.1) is 11.0 Å². The SMILES string of the molecule is Cc1cc(C)c(C)c(S(=O)(=O)Nc2ccc(OC(C)C)cc2)c1C. The molecule has 0 aliphatic rings. The van der Waals surface area contributed by atoms with E-state index in [1.54, 1.807) is 24.3 Å². The van der Waals surface area contributed by atoms with Crippen molar-refractivity contribution >= 4 is 15.7 Å². The third-order valence-corrected chi connectivity index (χ3v) is 5.70. The lowest BCUT2D eigenvalue weighted by Crippen LogP contribution is -2.17. The summed E-state index contributed by atoms with van der Waals surface area (Å²) in [6.07, 6.45) is 0.0770. The first kappa shape index (κ1) is 18.3. The number of hydrogen-bond donors (Lipinski definition) is 1. The second-order valence-corrected chi connectivity index (χ2v) is 8.01. The maximum absolute atomic E-state index is 12.9. The molecule has 4 nitrogen and oxygen atoms in total. The molecule has 0 aromatic heterocycles. The van der Waals surface area contributed by atoms with Crippen LogP contribution >= 0.6 is 0 Å². The largest absolute Gasteiger partial charge is 0.491 e. The fourth-order valence-corrected chi connectivity index (χ4v) is 4.34. The molecule has 0 aliphatic carbocycles. The summed E-state index contributed by atoms with van der Waals surface area (Å²) in [6.45, 7) is 11.4. The highest BCUT2D eigenvalue weighted by Gasteiger charge is 2.22. The van der Waals surface area contributed by atoms with Gasteiger partial charge in [-0.15, -0.1) is 0 Å². The van der Waals surface area contributed by atoms with E-state index >= 15 is 0 Å². The van der Waals surface area contributed by atoms with Gasteiger partial charge in [0.1, 0.15) is 5.75 Å². The molecule has 2 rings (SSSR count). The van der Waals surface area contributed by atoms with E-state index in [0.29, 0.717) is 16.3 Å². The minimum atomic E-state index is -3.65. The number of rotatable bonds is 5. The zero-order valence-electron chi connectivity index (χ0n) is 15.1. The van der Waals surface area contributed by atoms with Crippen molar-refractivity contribution in [1.29, 1.82) is 0 Å². The van der Waals surface area contributed by atoms with Gasteiger partial charge in [-0.2, -0.15) is 0 Å². The highest BCUT2D eigenvalue weighted by Crippen LogP contribution is 2.28. The van der Waals surface area contributed by atoms with Crippen molar-refractivity contribution < 1.29 is 13.2 Å². The van der Waals surface area contributed by atoms with Gasteiger partial charge >= 0.3 is 0 Å². The number of aryl methyl sites for hydroxylation is 2. The van der Waals surface area contributed by atoms with Gasteiger partial charge in [-0.05, 0) is 88.1 Å².